The van der Waals surface area contributed by atoms with E-state index in [4.69, 9.17) is 16.0 Å². The van der Waals surface area contributed by atoms with E-state index in [2.05, 4.69) is 15.3 Å². The molecule has 7 nitrogen and oxygen atoms in total. The molecule has 1 fully saturated rings. The van der Waals surface area contributed by atoms with Gasteiger partial charge in [0.05, 0.1) is 16.8 Å². The second kappa shape index (κ2) is 9.75. The van der Waals surface area contributed by atoms with Gasteiger partial charge in [-0.15, -0.1) is 0 Å². The number of nitrogens with one attached hydrogen (secondary N) is 1. The fraction of sp³-hybridized carbons (Fsp3) is 0.304. The van der Waals surface area contributed by atoms with Crippen LogP contribution in [0.15, 0.2) is 59.4 Å². The number of halogens is 1. The number of aryl methyl sites for hydroxylation is 1. The number of hydrogen-bond donors (Lipinski definition) is 1. The average molecular weight is 439 g/mol. The fourth-order valence-electron chi connectivity index (χ4n) is 3.62. The Labute approximate surface area is 185 Å². The maximum Gasteiger partial charge on any atom is 0.253 e. The number of amides is 2. The number of hydrogen-bond acceptors (Lipinski definition) is 5. The van der Waals surface area contributed by atoms with Crippen molar-refractivity contribution in [3.05, 3.63) is 71.5 Å². The maximum absolute atomic E-state index is 12.6. The molecule has 0 unspecified atom stereocenters. The molecule has 1 aliphatic heterocycles. The first-order chi connectivity index (χ1) is 15.1. The van der Waals surface area contributed by atoms with E-state index in [9.17, 15) is 9.59 Å². The van der Waals surface area contributed by atoms with Crippen molar-refractivity contribution in [2.24, 2.45) is 0 Å². The predicted octanol–water partition coefficient (Wildman–Crippen LogP) is 3.74. The van der Waals surface area contributed by atoms with Crippen LogP contribution in [0.25, 0.3) is 11.3 Å². The highest BCUT2D eigenvalue weighted by atomic mass is 35.5. The Morgan fingerprint density at radius 1 is 1.13 bits per heavy atom. The smallest absolute Gasteiger partial charge is 0.253 e. The molecule has 0 saturated carbocycles. The molecular formula is C23H23ClN4O3. The molecule has 8 heteroatoms. The second-order valence-electron chi connectivity index (χ2n) is 7.47. The van der Waals surface area contributed by atoms with E-state index in [1.165, 1.54) is 0 Å². The van der Waals surface area contributed by atoms with Crippen molar-refractivity contribution in [3.63, 3.8) is 0 Å². The van der Waals surface area contributed by atoms with Gasteiger partial charge in [0.15, 0.2) is 11.7 Å². The van der Waals surface area contributed by atoms with Crippen LogP contribution in [-0.4, -0.2) is 45.8 Å². The van der Waals surface area contributed by atoms with Crippen molar-refractivity contribution in [1.82, 2.24) is 20.2 Å². The minimum Gasteiger partial charge on any atom is -0.441 e. The van der Waals surface area contributed by atoms with Crippen LogP contribution in [0.1, 0.15) is 35.5 Å². The van der Waals surface area contributed by atoms with Crippen LogP contribution in [0, 0.1) is 0 Å². The lowest BCUT2D eigenvalue weighted by atomic mass is 10.0. The average Bonchev–Trinajstić information content (AvgIpc) is 3.27. The number of pyridine rings is 1. The van der Waals surface area contributed by atoms with Gasteiger partial charge >= 0.3 is 0 Å². The molecule has 1 aromatic carbocycles. The van der Waals surface area contributed by atoms with Crippen LogP contribution in [0.4, 0.5) is 0 Å². The maximum atomic E-state index is 12.6. The summed E-state index contributed by atoms with van der Waals surface area (Å²) in [6.07, 6.45) is 7.04. The van der Waals surface area contributed by atoms with E-state index in [-0.39, 0.29) is 17.9 Å². The molecule has 0 radical (unpaired) electrons. The van der Waals surface area contributed by atoms with Gasteiger partial charge in [0.25, 0.3) is 5.91 Å². The normalized spacial score (nSPS) is 14.4. The van der Waals surface area contributed by atoms with Crippen LogP contribution in [-0.2, 0) is 11.2 Å². The molecule has 3 heterocycles. The van der Waals surface area contributed by atoms with Crippen molar-refractivity contribution in [2.45, 2.75) is 31.7 Å². The number of rotatable bonds is 6. The van der Waals surface area contributed by atoms with Crippen molar-refractivity contribution in [1.29, 1.82) is 0 Å². The number of carbonyl (C=O) groups excluding carboxylic acids is 2. The number of likely N-dealkylation sites (tertiary alicyclic amines) is 1. The summed E-state index contributed by atoms with van der Waals surface area (Å²) in [4.78, 5) is 34.9. The zero-order chi connectivity index (χ0) is 21.6. The van der Waals surface area contributed by atoms with Crippen LogP contribution in [0.5, 0.6) is 0 Å². The Bertz CT molecular complexity index is 1050. The molecular weight excluding hydrogens is 416 g/mol. The summed E-state index contributed by atoms with van der Waals surface area (Å²) in [7, 11) is 0. The molecule has 31 heavy (non-hydrogen) atoms. The third-order valence-corrected chi connectivity index (χ3v) is 5.68. The highest BCUT2D eigenvalue weighted by Gasteiger charge is 2.24. The number of carbonyl (C=O) groups is 2. The highest BCUT2D eigenvalue weighted by Crippen LogP contribution is 2.28. The summed E-state index contributed by atoms with van der Waals surface area (Å²) in [5.41, 5.74) is 1.33. The standard InChI is InChI=1S/C23H23ClN4O3/c24-19-6-2-1-5-18(19)20-15-26-21(31-20)7-8-22(29)28-12-9-17(10-13-28)27-23(30)16-4-3-11-25-14-16/h1-6,11,14-15,17H,7-10,12-13H2,(H,27,30). The van der Waals surface area contributed by atoms with Gasteiger partial charge in [-0.3, -0.25) is 14.6 Å². The van der Waals surface area contributed by atoms with Gasteiger partial charge in [0.2, 0.25) is 5.91 Å². The lowest BCUT2D eigenvalue weighted by molar-refractivity contribution is -0.132. The van der Waals surface area contributed by atoms with E-state index in [0.29, 0.717) is 48.2 Å². The first-order valence-corrected chi connectivity index (χ1v) is 10.7. The van der Waals surface area contributed by atoms with Gasteiger partial charge in [-0.25, -0.2) is 4.98 Å². The Hall–Kier alpha value is -3.19. The van der Waals surface area contributed by atoms with Gasteiger partial charge in [-0.2, -0.15) is 0 Å². The molecule has 1 aliphatic rings. The quantitative estimate of drug-likeness (QED) is 0.633. The number of piperidine rings is 1. The topological polar surface area (TPSA) is 88.3 Å². The third kappa shape index (κ3) is 5.30. The van der Waals surface area contributed by atoms with Gasteiger partial charge in [-0.1, -0.05) is 23.7 Å². The van der Waals surface area contributed by atoms with Crippen LogP contribution in [0.2, 0.25) is 5.02 Å². The van der Waals surface area contributed by atoms with E-state index in [0.717, 1.165) is 18.4 Å². The third-order valence-electron chi connectivity index (χ3n) is 5.35. The summed E-state index contributed by atoms with van der Waals surface area (Å²) >= 11 is 6.20. The minimum atomic E-state index is -0.129. The van der Waals surface area contributed by atoms with Crippen molar-refractivity contribution in [2.75, 3.05) is 13.1 Å². The summed E-state index contributed by atoms with van der Waals surface area (Å²) in [6, 6.07) is 10.9. The molecule has 1 saturated heterocycles. The zero-order valence-electron chi connectivity index (χ0n) is 17.0. The SMILES string of the molecule is O=C(NC1CCN(C(=O)CCc2ncc(-c3ccccc3Cl)o2)CC1)c1cccnc1. The molecule has 0 atom stereocenters. The molecule has 1 N–H and O–H groups in total. The van der Waals surface area contributed by atoms with Crippen molar-refractivity contribution >= 4 is 23.4 Å². The molecule has 0 bridgehead atoms. The van der Waals surface area contributed by atoms with Crippen LogP contribution >= 0.6 is 11.6 Å². The molecule has 0 spiro atoms. The van der Waals surface area contributed by atoms with Gasteiger partial charge in [-0.05, 0) is 37.1 Å². The van der Waals surface area contributed by atoms with E-state index in [1.54, 1.807) is 36.8 Å². The molecule has 160 valence electrons. The van der Waals surface area contributed by atoms with Gasteiger partial charge < -0.3 is 14.6 Å². The van der Waals surface area contributed by atoms with Crippen LogP contribution < -0.4 is 5.32 Å². The van der Waals surface area contributed by atoms with Gasteiger partial charge in [0.1, 0.15) is 0 Å². The Balaban J connectivity index is 1.24. The second-order valence-corrected chi connectivity index (χ2v) is 7.88. The Morgan fingerprint density at radius 2 is 1.94 bits per heavy atom. The Kier molecular flexibility index (Phi) is 6.62. The number of aromatic nitrogens is 2. The molecule has 2 amide bonds. The summed E-state index contributed by atoms with van der Waals surface area (Å²) in [5, 5.41) is 3.62. The highest BCUT2D eigenvalue weighted by molar-refractivity contribution is 6.33. The lowest BCUT2D eigenvalue weighted by Gasteiger charge is -2.32. The summed E-state index contributed by atoms with van der Waals surface area (Å²) in [5.74, 6) is 1.05. The largest absolute Gasteiger partial charge is 0.441 e. The lowest BCUT2D eigenvalue weighted by Crippen LogP contribution is -2.46. The molecule has 0 aliphatic carbocycles. The van der Waals surface area contributed by atoms with Gasteiger partial charge in [0, 0.05) is 49.9 Å². The molecule has 4 rings (SSSR count). The first kappa shape index (κ1) is 21.1. The number of oxazole rings is 1. The molecule has 2 aromatic heterocycles. The molecule has 3 aromatic rings. The number of benzene rings is 1. The fourth-order valence-corrected chi connectivity index (χ4v) is 3.85. The van der Waals surface area contributed by atoms with Crippen molar-refractivity contribution < 1.29 is 14.0 Å². The van der Waals surface area contributed by atoms with E-state index < -0.39 is 0 Å². The summed E-state index contributed by atoms with van der Waals surface area (Å²) in [6.45, 7) is 1.24. The van der Waals surface area contributed by atoms with Crippen LogP contribution in [0.3, 0.4) is 0 Å². The van der Waals surface area contributed by atoms with E-state index in [1.807, 2.05) is 23.1 Å². The Morgan fingerprint density at radius 3 is 2.68 bits per heavy atom. The van der Waals surface area contributed by atoms with Crippen molar-refractivity contribution in [3.8, 4) is 11.3 Å². The first-order valence-electron chi connectivity index (χ1n) is 10.3. The monoisotopic (exact) mass is 438 g/mol. The number of nitrogens with zero attached hydrogens (tertiary/aromatic N) is 3. The predicted molar refractivity (Wildman–Crippen MR) is 117 cm³/mol. The minimum absolute atomic E-state index is 0.0571. The summed E-state index contributed by atoms with van der Waals surface area (Å²) < 4.78 is 5.77. The van der Waals surface area contributed by atoms with E-state index >= 15 is 0 Å². The zero-order valence-corrected chi connectivity index (χ0v) is 17.7.